The quantitative estimate of drug-likeness (QED) is 0.592. The smallest absolute Gasteiger partial charge is 0.275 e. The lowest BCUT2D eigenvalue weighted by Gasteiger charge is -2.20. The zero-order valence-electron chi connectivity index (χ0n) is 19.1. The fraction of sp³-hybridized carbons (Fsp3) is 0.440. The van der Waals surface area contributed by atoms with Crippen LogP contribution in [0.1, 0.15) is 61.9 Å². The van der Waals surface area contributed by atoms with Crippen molar-refractivity contribution in [1.82, 2.24) is 5.32 Å². The number of para-hydroxylation sites is 1. The maximum absolute atomic E-state index is 12.3. The van der Waals surface area contributed by atoms with Crippen molar-refractivity contribution in [2.45, 2.75) is 53.5 Å². The van der Waals surface area contributed by atoms with Crippen molar-refractivity contribution in [3.05, 3.63) is 64.7 Å². The largest absolute Gasteiger partial charge is 0.342 e. The minimum atomic E-state index is -0.217. The third-order valence-corrected chi connectivity index (χ3v) is 5.46. The van der Waals surface area contributed by atoms with Gasteiger partial charge in [0.25, 0.3) is 5.91 Å². The van der Waals surface area contributed by atoms with Gasteiger partial charge in [-0.1, -0.05) is 70.2 Å². The molecule has 0 aromatic heterocycles. The zero-order valence-corrected chi connectivity index (χ0v) is 19.1. The number of carbonyl (C=O) groups is 2. The molecule has 4 N–H and O–H groups in total. The molecule has 30 heavy (non-hydrogen) atoms. The van der Waals surface area contributed by atoms with E-state index in [0.29, 0.717) is 11.8 Å². The number of nitrogens with two attached hydrogens (primary N) is 1. The molecule has 0 bridgehead atoms. The van der Waals surface area contributed by atoms with Crippen LogP contribution in [-0.2, 0) is 9.59 Å². The van der Waals surface area contributed by atoms with Crippen LogP contribution in [0, 0.1) is 19.8 Å². The molecule has 0 saturated heterocycles. The Balaban J connectivity index is 1.86. The van der Waals surface area contributed by atoms with Crippen LogP contribution >= 0.6 is 0 Å². The first-order valence-electron chi connectivity index (χ1n) is 10.7. The summed E-state index contributed by atoms with van der Waals surface area (Å²) < 4.78 is 0. The van der Waals surface area contributed by atoms with Gasteiger partial charge in [-0.2, -0.15) is 0 Å². The molecule has 0 spiro atoms. The van der Waals surface area contributed by atoms with Crippen LogP contribution in [0.3, 0.4) is 0 Å². The summed E-state index contributed by atoms with van der Waals surface area (Å²) in [6, 6.07) is 14.7. The average molecular weight is 411 g/mol. The molecule has 0 aliphatic rings. The highest BCUT2D eigenvalue weighted by atomic mass is 16.2. The monoisotopic (exact) mass is 410 g/mol. The second-order valence-corrected chi connectivity index (χ2v) is 8.62. The van der Waals surface area contributed by atoms with Gasteiger partial charge in [-0.25, -0.2) is 0 Å². The summed E-state index contributed by atoms with van der Waals surface area (Å²) in [7, 11) is 0. The van der Waals surface area contributed by atoms with Crippen molar-refractivity contribution in [3.63, 3.8) is 0 Å². The molecule has 2 rings (SSSR count). The molecule has 0 saturated carbocycles. The van der Waals surface area contributed by atoms with E-state index >= 15 is 0 Å². The van der Waals surface area contributed by atoms with E-state index in [1.165, 1.54) is 11.1 Å². The van der Waals surface area contributed by atoms with Gasteiger partial charge < -0.3 is 16.0 Å². The van der Waals surface area contributed by atoms with Crippen LogP contribution in [0.15, 0.2) is 42.5 Å². The lowest BCUT2D eigenvalue weighted by molar-refractivity contribution is -0.692. The molecule has 1 atom stereocenters. The summed E-state index contributed by atoms with van der Waals surface area (Å²) in [6.45, 7) is 12.8. The van der Waals surface area contributed by atoms with Gasteiger partial charge in [-0.15, -0.1) is 0 Å². The van der Waals surface area contributed by atoms with Gasteiger partial charge in [0.15, 0.2) is 6.54 Å². The van der Waals surface area contributed by atoms with Gasteiger partial charge in [0.1, 0.15) is 6.04 Å². The SMILES string of the molecule is Cc1cccc(C)c1NC(=O)CNC(=O)C[NH2+][C@H](c1ccc(C(C)C)cc1)C(C)C. The van der Waals surface area contributed by atoms with Crippen LogP contribution in [0.4, 0.5) is 5.69 Å². The normalized spacial score (nSPS) is 12.1. The molecular formula is C25H36N3O2+. The molecule has 2 amide bonds. The summed E-state index contributed by atoms with van der Waals surface area (Å²) in [5.74, 6) is 0.525. The van der Waals surface area contributed by atoms with E-state index in [9.17, 15) is 9.59 Å². The summed E-state index contributed by atoms with van der Waals surface area (Å²) in [6.07, 6.45) is 0. The van der Waals surface area contributed by atoms with Gasteiger partial charge >= 0.3 is 0 Å². The van der Waals surface area contributed by atoms with Crippen LogP contribution in [0.2, 0.25) is 0 Å². The second kappa shape index (κ2) is 10.9. The van der Waals surface area contributed by atoms with Crippen LogP contribution in [0.25, 0.3) is 0 Å². The minimum absolute atomic E-state index is 0.0319. The average Bonchev–Trinajstić information content (AvgIpc) is 2.69. The van der Waals surface area contributed by atoms with Crippen molar-refractivity contribution in [2.24, 2.45) is 5.92 Å². The number of rotatable bonds is 9. The Morgan fingerprint density at radius 1 is 0.867 bits per heavy atom. The number of aryl methyl sites for hydroxylation is 2. The first kappa shape index (κ1) is 23.6. The predicted octanol–water partition coefficient (Wildman–Crippen LogP) is 3.44. The van der Waals surface area contributed by atoms with Gasteiger partial charge in [0, 0.05) is 17.2 Å². The number of hydrogen-bond acceptors (Lipinski definition) is 2. The fourth-order valence-corrected chi connectivity index (χ4v) is 3.58. The van der Waals surface area contributed by atoms with Crippen LogP contribution in [-0.4, -0.2) is 24.9 Å². The number of hydrogen-bond donors (Lipinski definition) is 3. The van der Waals surface area contributed by atoms with E-state index in [-0.39, 0.29) is 30.9 Å². The zero-order chi connectivity index (χ0) is 22.3. The lowest BCUT2D eigenvalue weighted by atomic mass is 9.93. The van der Waals surface area contributed by atoms with Crippen molar-refractivity contribution in [3.8, 4) is 0 Å². The first-order valence-corrected chi connectivity index (χ1v) is 10.7. The summed E-state index contributed by atoms with van der Waals surface area (Å²) >= 11 is 0. The van der Waals surface area contributed by atoms with Crippen LogP contribution in [0.5, 0.6) is 0 Å². The number of benzene rings is 2. The van der Waals surface area contributed by atoms with Gasteiger partial charge in [0.2, 0.25) is 5.91 Å². The third-order valence-electron chi connectivity index (χ3n) is 5.46. The van der Waals surface area contributed by atoms with E-state index in [1.54, 1.807) is 0 Å². The van der Waals surface area contributed by atoms with E-state index in [2.05, 4.69) is 62.6 Å². The summed E-state index contributed by atoms with van der Waals surface area (Å²) in [4.78, 5) is 24.6. The number of nitrogens with one attached hydrogen (secondary N) is 2. The molecule has 162 valence electrons. The van der Waals surface area contributed by atoms with Crippen LogP contribution < -0.4 is 16.0 Å². The number of amides is 2. The van der Waals surface area contributed by atoms with Crippen molar-refractivity contribution in [2.75, 3.05) is 18.4 Å². The summed E-state index contributed by atoms with van der Waals surface area (Å²) in [5.41, 5.74) is 5.36. The number of quaternary nitrogens is 1. The van der Waals surface area contributed by atoms with Crippen molar-refractivity contribution >= 4 is 17.5 Å². The molecule has 0 heterocycles. The van der Waals surface area contributed by atoms with Crippen molar-refractivity contribution < 1.29 is 14.9 Å². The highest BCUT2D eigenvalue weighted by molar-refractivity contribution is 5.95. The lowest BCUT2D eigenvalue weighted by Crippen LogP contribution is -2.88. The number of anilines is 1. The minimum Gasteiger partial charge on any atom is -0.342 e. The predicted molar refractivity (Wildman–Crippen MR) is 122 cm³/mol. The Kier molecular flexibility index (Phi) is 8.60. The van der Waals surface area contributed by atoms with E-state index in [4.69, 9.17) is 0 Å². The highest BCUT2D eigenvalue weighted by Crippen LogP contribution is 2.21. The Bertz CT molecular complexity index is 837. The first-order chi connectivity index (χ1) is 14.2. The molecular weight excluding hydrogens is 374 g/mol. The molecule has 0 aliphatic heterocycles. The van der Waals surface area contributed by atoms with Gasteiger partial charge in [-0.3, -0.25) is 9.59 Å². The third kappa shape index (κ3) is 6.70. The maximum Gasteiger partial charge on any atom is 0.275 e. The Morgan fingerprint density at radius 2 is 1.43 bits per heavy atom. The Labute approximate surface area is 180 Å². The summed E-state index contributed by atoms with van der Waals surface area (Å²) in [5, 5.41) is 7.67. The molecule has 5 nitrogen and oxygen atoms in total. The highest BCUT2D eigenvalue weighted by Gasteiger charge is 2.21. The molecule has 5 heteroatoms. The topological polar surface area (TPSA) is 74.8 Å². The molecule has 0 aliphatic carbocycles. The standard InChI is InChI=1S/C25H35N3O2/c1-16(2)20-10-12-21(13-11-20)24(17(3)4)27-14-22(29)26-15-23(30)28-25-18(5)8-7-9-19(25)6/h7-13,16-17,24,27H,14-15H2,1-6H3,(H,26,29)(H,28,30)/p+1/t24-/m0/s1. The Hall–Kier alpha value is -2.66. The molecule has 2 aromatic carbocycles. The molecule has 0 fully saturated rings. The van der Waals surface area contributed by atoms with Gasteiger partial charge in [-0.05, 0) is 36.5 Å². The Morgan fingerprint density at radius 3 is 1.97 bits per heavy atom. The molecule has 2 aromatic rings. The van der Waals surface area contributed by atoms with E-state index < -0.39 is 0 Å². The molecule has 0 unspecified atom stereocenters. The van der Waals surface area contributed by atoms with E-state index in [1.807, 2.05) is 37.4 Å². The fourth-order valence-electron chi connectivity index (χ4n) is 3.58. The molecule has 0 radical (unpaired) electrons. The van der Waals surface area contributed by atoms with Crippen molar-refractivity contribution in [1.29, 1.82) is 0 Å². The van der Waals surface area contributed by atoms with E-state index in [0.717, 1.165) is 16.8 Å². The maximum atomic E-state index is 12.3. The van der Waals surface area contributed by atoms with Gasteiger partial charge in [0.05, 0.1) is 6.54 Å². The number of carbonyl (C=O) groups excluding carboxylic acids is 2. The second-order valence-electron chi connectivity index (χ2n) is 8.62.